The summed E-state index contributed by atoms with van der Waals surface area (Å²) in [6.45, 7) is 4.35. The van der Waals surface area contributed by atoms with Crippen LogP contribution in [0, 0.1) is 13.8 Å². The summed E-state index contributed by atoms with van der Waals surface area (Å²) in [7, 11) is 0. The number of carbonyl (C=O) groups excluding carboxylic acids is 1. The van der Waals surface area contributed by atoms with Gasteiger partial charge in [0, 0.05) is 21.8 Å². The Kier molecular flexibility index (Phi) is 8.65. The van der Waals surface area contributed by atoms with Crippen molar-refractivity contribution in [1.29, 1.82) is 0 Å². The maximum Gasteiger partial charge on any atom is 0.264 e. The van der Waals surface area contributed by atoms with Gasteiger partial charge in [-0.3, -0.25) is 4.79 Å². The van der Waals surface area contributed by atoms with Gasteiger partial charge in [0.05, 0.1) is 12.0 Å². The Morgan fingerprint density at radius 3 is 2.70 bits per heavy atom. The number of aryl methyl sites for hydroxylation is 2. The van der Waals surface area contributed by atoms with Gasteiger partial charge in [-0.1, -0.05) is 59.8 Å². The van der Waals surface area contributed by atoms with Crippen LogP contribution in [-0.2, 0) is 11.4 Å². The van der Waals surface area contributed by atoms with E-state index in [-0.39, 0.29) is 17.6 Å². The van der Waals surface area contributed by atoms with Gasteiger partial charge >= 0.3 is 0 Å². The molecule has 0 saturated heterocycles. The molecule has 0 radical (unpaired) electrons. The van der Waals surface area contributed by atoms with Gasteiger partial charge in [-0.05, 0) is 55.3 Å². The Morgan fingerprint density at radius 1 is 1.11 bits per heavy atom. The lowest BCUT2D eigenvalue weighted by atomic mass is 10.1. The predicted octanol–water partition coefficient (Wildman–Crippen LogP) is 5.02. The fourth-order valence-corrected chi connectivity index (χ4v) is 4.09. The number of benzene rings is 3. The van der Waals surface area contributed by atoms with Crippen LogP contribution in [0.1, 0.15) is 22.3 Å². The van der Waals surface area contributed by atoms with E-state index in [2.05, 4.69) is 26.0 Å². The van der Waals surface area contributed by atoms with Crippen molar-refractivity contribution in [3.8, 4) is 5.75 Å². The third-order valence-corrected chi connectivity index (χ3v) is 6.73. The fourth-order valence-electron chi connectivity index (χ4n) is 3.25. The van der Waals surface area contributed by atoms with Crippen LogP contribution in [0.4, 0.5) is 11.6 Å². The molecule has 0 atom stereocenters. The summed E-state index contributed by atoms with van der Waals surface area (Å²) < 4.78 is 7.18. The number of thioether (sulfide) groups is 1. The third kappa shape index (κ3) is 7.02. The van der Waals surface area contributed by atoms with Crippen molar-refractivity contribution in [2.24, 2.45) is 5.10 Å². The molecule has 0 fully saturated rings. The van der Waals surface area contributed by atoms with Crippen LogP contribution in [0.5, 0.6) is 5.75 Å². The Labute approximate surface area is 224 Å². The second kappa shape index (κ2) is 12.3. The number of nitrogen functional groups attached to an aromatic ring is 1. The van der Waals surface area contributed by atoms with Crippen LogP contribution in [0.25, 0.3) is 0 Å². The second-order valence-corrected chi connectivity index (χ2v) is 9.45. The van der Waals surface area contributed by atoms with Crippen molar-refractivity contribution in [3.63, 3.8) is 0 Å². The summed E-state index contributed by atoms with van der Waals surface area (Å²) in [4.78, 5) is 12.3. The second-order valence-electron chi connectivity index (χ2n) is 8.10. The van der Waals surface area contributed by atoms with Gasteiger partial charge < -0.3 is 15.9 Å². The number of ether oxygens (including phenoxy) is 1. The first-order chi connectivity index (χ1) is 17.9. The highest BCUT2D eigenvalue weighted by molar-refractivity contribution is 7.99. The number of aromatic nitrogens is 3. The average molecular weight is 536 g/mol. The standard InChI is InChI=1S/C26H26ClN7O2S/c1-17-11-12-21(13-18(17)2)30-24(35)16-37-26-33-32-25(34(26)28)31-29-14-19-7-4-6-10-23(19)36-15-20-8-3-5-9-22(20)27/h3-14H,15-16,28H2,1-2H3,(H,30,35)(H,31,32)/b29-14+. The first-order valence-corrected chi connectivity index (χ1v) is 12.7. The van der Waals surface area contributed by atoms with Crippen LogP contribution in [0.15, 0.2) is 77.0 Å². The Bertz CT molecular complexity index is 1420. The van der Waals surface area contributed by atoms with Gasteiger partial charge in [0.25, 0.3) is 5.95 Å². The highest BCUT2D eigenvalue weighted by atomic mass is 35.5. The number of halogens is 1. The molecular formula is C26H26ClN7O2S. The first kappa shape index (κ1) is 26.1. The van der Waals surface area contributed by atoms with Crippen molar-refractivity contribution in [2.75, 3.05) is 22.3 Å². The van der Waals surface area contributed by atoms with Gasteiger partial charge in [0.1, 0.15) is 12.4 Å². The molecule has 11 heteroatoms. The van der Waals surface area contributed by atoms with Crippen LogP contribution in [0.3, 0.4) is 0 Å². The average Bonchev–Trinajstić information content (AvgIpc) is 3.24. The molecule has 4 aromatic rings. The zero-order valence-electron chi connectivity index (χ0n) is 20.3. The molecule has 0 spiro atoms. The number of carbonyl (C=O) groups is 1. The number of hydrogen-bond acceptors (Lipinski definition) is 8. The minimum absolute atomic E-state index is 0.127. The number of nitrogens with zero attached hydrogens (tertiary/aromatic N) is 4. The zero-order chi connectivity index (χ0) is 26.2. The number of hydrogen-bond donors (Lipinski definition) is 3. The molecule has 4 N–H and O–H groups in total. The number of nitrogens with one attached hydrogen (secondary N) is 2. The molecule has 0 aliphatic carbocycles. The first-order valence-electron chi connectivity index (χ1n) is 11.4. The molecule has 0 aliphatic heterocycles. The Balaban J connectivity index is 1.32. The van der Waals surface area contributed by atoms with Gasteiger partial charge in [0.15, 0.2) is 0 Å². The van der Waals surface area contributed by atoms with E-state index in [1.54, 1.807) is 6.21 Å². The van der Waals surface area contributed by atoms with E-state index >= 15 is 0 Å². The van der Waals surface area contributed by atoms with Gasteiger partial charge in [-0.2, -0.15) is 5.10 Å². The molecule has 0 saturated carbocycles. The van der Waals surface area contributed by atoms with Crippen molar-refractivity contribution < 1.29 is 9.53 Å². The lowest BCUT2D eigenvalue weighted by molar-refractivity contribution is -0.113. The van der Waals surface area contributed by atoms with Crippen molar-refractivity contribution in [3.05, 3.63) is 94.0 Å². The van der Waals surface area contributed by atoms with E-state index in [0.29, 0.717) is 22.5 Å². The molecular weight excluding hydrogens is 510 g/mol. The number of amides is 1. The predicted molar refractivity (Wildman–Crippen MR) is 149 cm³/mol. The number of rotatable bonds is 10. The summed E-state index contributed by atoms with van der Waals surface area (Å²) in [6, 6.07) is 20.8. The van der Waals surface area contributed by atoms with Crippen LogP contribution < -0.4 is 21.3 Å². The van der Waals surface area contributed by atoms with Gasteiger partial charge in [0.2, 0.25) is 11.1 Å². The summed E-state index contributed by atoms with van der Waals surface area (Å²) in [6.07, 6.45) is 1.60. The maximum absolute atomic E-state index is 12.3. The topological polar surface area (TPSA) is 119 Å². The monoisotopic (exact) mass is 535 g/mol. The lowest BCUT2D eigenvalue weighted by Gasteiger charge is -2.10. The minimum atomic E-state index is -0.169. The lowest BCUT2D eigenvalue weighted by Crippen LogP contribution is -2.17. The molecule has 4 rings (SSSR count). The van der Waals surface area contributed by atoms with E-state index in [9.17, 15) is 4.79 Å². The van der Waals surface area contributed by atoms with Crippen LogP contribution in [-0.4, -0.2) is 32.7 Å². The normalized spacial score (nSPS) is 11.0. The quantitative estimate of drug-likeness (QED) is 0.113. The zero-order valence-corrected chi connectivity index (χ0v) is 21.9. The van der Waals surface area contributed by atoms with E-state index in [1.165, 1.54) is 22.0 Å². The SMILES string of the molecule is Cc1ccc(NC(=O)CSc2nnc(N/N=C/c3ccccc3OCc3ccccc3Cl)n2N)cc1C. The summed E-state index contributed by atoms with van der Waals surface area (Å²) >= 11 is 7.39. The van der Waals surface area contributed by atoms with Gasteiger partial charge in [-0.15, -0.1) is 10.2 Å². The van der Waals surface area contributed by atoms with Gasteiger partial charge in [-0.25, -0.2) is 10.1 Å². The van der Waals surface area contributed by atoms with Crippen molar-refractivity contribution >= 4 is 47.1 Å². The molecule has 0 aliphatic rings. The van der Waals surface area contributed by atoms with Crippen LogP contribution >= 0.6 is 23.4 Å². The summed E-state index contributed by atoms with van der Waals surface area (Å²) in [5.74, 6) is 6.91. The minimum Gasteiger partial charge on any atom is -0.488 e. The number of nitrogens with two attached hydrogens (primary N) is 1. The molecule has 1 amide bonds. The van der Waals surface area contributed by atoms with E-state index in [4.69, 9.17) is 22.2 Å². The van der Waals surface area contributed by atoms with E-state index < -0.39 is 0 Å². The van der Waals surface area contributed by atoms with E-state index in [1.807, 2.05) is 80.6 Å². The van der Waals surface area contributed by atoms with Crippen molar-refractivity contribution in [1.82, 2.24) is 14.9 Å². The van der Waals surface area contributed by atoms with E-state index in [0.717, 1.165) is 22.4 Å². The number of para-hydroxylation sites is 1. The fraction of sp³-hybridized carbons (Fsp3) is 0.154. The summed E-state index contributed by atoms with van der Waals surface area (Å²) in [5, 5.41) is 16.1. The highest BCUT2D eigenvalue weighted by Crippen LogP contribution is 2.22. The molecule has 190 valence electrons. The molecule has 9 nitrogen and oxygen atoms in total. The Morgan fingerprint density at radius 2 is 1.89 bits per heavy atom. The van der Waals surface area contributed by atoms with Crippen LogP contribution in [0.2, 0.25) is 5.02 Å². The largest absolute Gasteiger partial charge is 0.488 e. The summed E-state index contributed by atoms with van der Waals surface area (Å²) in [5.41, 5.74) is 7.44. The highest BCUT2D eigenvalue weighted by Gasteiger charge is 2.12. The molecule has 37 heavy (non-hydrogen) atoms. The molecule has 0 unspecified atom stereocenters. The number of anilines is 2. The molecule has 1 heterocycles. The van der Waals surface area contributed by atoms with Crippen molar-refractivity contribution in [2.45, 2.75) is 25.6 Å². The smallest absolute Gasteiger partial charge is 0.264 e. The molecule has 3 aromatic carbocycles. The number of hydrazone groups is 1. The Hall–Kier alpha value is -4.02. The maximum atomic E-state index is 12.3. The molecule has 1 aromatic heterocycles. The third-order valence-electron chi connectivity index (χ3n) is 5.42. The molecule has 0 bridgehead atoms.